The highest BCUT2D eigenvalue weighted by Crippen LogP contribution is 2.46. The summed E-state index contributed by atoms with van der Waals surface area (Å²) < 4.78 is 1.17. The summed E-state index contributed by atoms with van der Waals surface area (Å²) in [6.45, 7) is 11.4. The van der Waals surface area contributed by atoms with Crippen LogP contribution in [0.4, 0.5) is 0 Å². The van der Waals surface area contributed by atoms with Gasteiger partial charge in [-0.2, -0.15) is 0 Å². The lowest BCUT2D eigenvalue weighted by Crippen LogP contribution is -2.34. The fraction of sp³-hybridized carbons (Fsp3) is 0.409. The van der Waals surface area contributed by atoms with Gasteiger partial charge in [0.25, 0.3) is 0 Å². The number of hydrogen-bond acceptors (Lipinski definition) is 2. The average Bonchev–Trinajstić information content (AvgIpc) is 2.55. The fourth-order valence-corrected chi connectivity index (χ4v) is 4.21. The smallest absolute Gasteiger partial charge is 0.117 e. The molecule has 0 heterocycles. The number of nitrogens with zero attached hydrogens (tertiary/aromatic N) is 1. The van der Waals surface area contributed by atoms with E-state index >= 15 is 0 Å². The van der Waals surface area contributed by atoms with Crippen LogP contribution in [-0.4, -0.2) is 10.9 Å². The van der Waals surface area contributed by atoms with Gasteiger partial charge in [-0.15, -0.1) is 0 Å². The largest absolute Gasteiger partial charge is 0.410 e. The van der Waals surface area contributed by atoms with E-state index in [0.717, 1.165) is 16.7 Å². The molecule has 2 aromatic rings. The quantitative estimate of drug-likeness (QED) is 0.254. The zero-order valence-electron chi connectivity index (χ0n) is 15.7. The van der Waals surface area contributed by atoms with Gasteiger partial charge in [0.05, 0.1) is 0 Å². The maximum absolute atomic E-state index is 9.75. The first-order chi connectivity index (χ1) is 11.7. The van der Waals surface area contributed by atoms with Gasteiger partial charge in [-0.1, -0.05) is 51.0 Å². The molecule has 0 fully saturated rings. The molecule has 3 rings (SSSR count). The van der Waals surface area contributed by atoms with Crippen LogP contribution in [0.5, 0.6) is 0 Å². The molecule has 0 amide bonds. The first-order valence-electron chi connectivity index (χ1n) is 8.80. The Labute approximate surface area is 164 Å². The van der Waals surface area contributed by atoms with Crippen molar-refractivity contribution in [2.24, 2.45) is 5.16 Å². The molecule has 0 atom stereocenters. The zero-order chi connectivity index (χ0) is 18.4. The second kappa shape index (κ2) is 6.42. The van der Waals surface area contributed by atoms with E-state index < -0.39 is 0 Å². The summed E-state index contributed by atoms with van der Waals surface area (Å²) in [5, 5.41) is 13.4. The van der Waals surface area contributed by atoms with Crippen molar-refractivity contribution in [2.45, 2.75) is 58.3 Å². The van der Waals surface area contributed by atoms with Crippen LogP contribution >= 0.6 is 22.6 Å². The van der Waals surface area contributed by atoms with Gasteiger partial charge in [-0.3, -0.25) is 0 Å². The summed E-state index contributed by atoms with van der Waals surface area (Å²) in [6.07, 6.45) is 2.37. The first-order valence-corrected chi connectivity index (χ1v) is 9.87. The van der Waals surface area contributed by atoms with Crippen LogP contribution in [0.3, 0.4) is 0 Å². The average molecular weight is 447 g/mol. The van der Waals surface area contributed by atoms with Crippen LogP contribution < -0.4 is 0 Å². The van der Waals surface area contributed by atoms with Crippen molar-refractivity contribution in [2.75, 3.05) is 0 Å². The van der Waals surface area contributed by atoms with Crippen molar-refractivity contribution in [1.82, 2.24) is 0 Å². The Hall–Kier alpha value is -1.36. The maximum atomic E-state index is 9.75. The Morgan fingerprint density at radius 1 is 0.960 bits per heavy atom. The van der Waals surface area contributed by atoms with E-state index in [9.17, 15) is 5.21 Å². The number of halogens is 1. The Kier molecular flexibility index (Phi) is 4.73. The van der Waals surface area contributed by atoms with Gasteiger partial charge < -0.3 is 5.21 Å². The lowest BCUT2D eigenvalue weighted by molar-refractivity contribution is 0.319. The molecule has 0 saturated heterocycles. The molecule has 1 aliphatic rings. The van der Waals surface area contributed by atoms with Crippen molar-refractivity contribution in [3.63, 3.8) is 0 Å². The molecule has 2 nitrogen and oxygen atoms in total. The highest BCUT2D eigenvalue weighted by Gasteiger charge is 2.37. The van der Waals surface area contributed by atoms with Crippen molar-refractivity contribution < 1.29 is 5.21 Å². The summed E-state index contributed by atoms with van der Waals surface area (Å²) in [5.74, 6) is 0. The van der Waals surface area contributed by atoms with Crippen molar-refractivity contribution in [3.8, 4) is 0 Å². The van der Waals surface area contributed by atoms with Gasteiger partial charge in [0, 0.05) is 14.7 Å². The number of hydrogen-bond donors (Lipinski definition) is 1. The van der Waals surface area contributed by atoms with Crippen molar-refractivity contribution in [1.29, 1.82) is 0 Å². The van der Waals surface area contributed by atoms with E-state index in [-0.39, 0.29) is 10.8 Å². The highest BCUT2D eigenvalue weighted by atomic mass is 127. The summed E-state index contributed by atoms with van der Waals surface area (Å²) in [5.41, 5.74) is 6.92. The Morgan fingerprint density at radius 2 is 1.48 bits per heavy atom. The SMILES string of the molecule is Cc1cc2c(cc1/C(=N\O)c1ccc(I)cc1)C(C)(C)CCC2(C)C. The first kappa shape index (κ1) is 18.4. The minimum Gasteiger partial charge on any atom is -0.410 e. The van der Waals surface area contributed by atoms with Gasteiger partial charge in [0.15, 0.2) is 0 Å². The summed E-state index contributed by atoms with van der Waals surface area (Å²) in [7, 11) is 0. The third kappa shape index (κ3) is 3.35. The van der Waals surface area contributed by atoms with Crippen LogP contribution in [-0.2, 0) is 10.8 Å². The maximum Gasteiger partial charge on any atom is 0.117 e. The molecular formula is C22H26INO. The molecule has 1 N–H and O–H groups in total. The standard InChI is InChI=1S/C22H26INO/c1-14-12-18-19(22(4,5)11-10-21(18,2)3)13-17(14)20(24-25)15-6-8-16(23)9-7-15/h6-9,12-13,25H,10-11H2,1-5H3/b24-20-. The van der Waals surface area contributed by atoms with E-state index in [2.05, 4.69) is 74.5 Å². The van der Waals surface area contributed by atoms with Gasteiger partial charge >= 0.3 is 0 Å². The Bertz CT molecular complexity index is 832. The van der Waals surface area contributed by atoms with E-state index in [0.29, 0.717) is 5.71 Å². The van der Waals surface area contributed by atoms with Crippen LogP contribution in [0.1, 0.15) is 68.4 Å². The third-order valence-electron chi connectivity index (χ3n) is 5.67. The second-order valence-corrected chi connectivity index (χ2v) is 9.68. The molecule has 0 unspecified atom stereocenters. The van der Waals surface area contributed by atoms with Gasteiger partial charge in [-0.05, 0) is 88.1 Å². The number of rotatable bonds is 2. The fourth-order valence-electron chi connectivity index (χ4n) is 3.85. The minimum absolute atomic E-state index is 0.139. The van der Waals surface area contributed by atoms with E-state index in [1.165, 1.54) is 27.5 Å². The molecule has 0 radical (unpaired) electrons. The number of fused-ring (bicyclic) bond motifs is 1. The van der Waals surface area contributed by atoms with Crippen LogP contribution in [0.2, 0.25) is 0 Å². The van der Waals surface area contributed by atoms with Gasteiger partial charge in [0.1, 0.15) is 5.71 Å². The lowest BCUT2D eigenvalue weighted by Gasteiger charge is -2.42. The summed E-state index contributed by atoms with van der Waals surface area (Å²) >= 11 is 2.29. The zero-order valence-corrected chi connectivity index (χ0v) is 17.8. The predicted octanol–water partition coefficient (Wildman–Crippen LogP) is 6.18. The van der Waals surface area contributed by atoms with Crippen molar-refractivity contribution in [3.05, 3.63) is 67.8 Å². The molecule has 132 valence electrons. The van der Waals surface area contributed by atoms with Gasteiger partial charge in [0.2, 0.25) is 0 Å². The lowest BCUT2D eigenvalue weighted by atomic mass is 9.62. The van der Waals surface area contributed by atoms with E-state index in [1.54, 1.807) is 0 Å². The second-order valence-electron chi connectivity index (χ2n) is 8.44. The molecule has 25 heavy (non-hydrogen) atoms. The summed E-state index contributed by atoms with van der Waals surface area (Å²) in [6, 6.07) is 12.7. The summed E-state index contributed by atoms with van der Waals surface area (Å²) in [4.78, 5) is 0. The van der Waals surface area contributed by atoms with Crippen LogP contribution in [0, 0.1) is 10.5 Å². The molecule has 0 saturated carbocycles. The Balaban J connectivity index is 2.19. The molecule has 1 aliphatic carbocycles. The third-order valence-corrected chi connectivity index (χ3v) is 6.39. The van der Waals surface area contributed by atoms with Crippen LogP contribution in [0.15, 0.2) is 41.6 Å². The highest BCUT2D eigenvalue weighted by molar-refractivity contribution is 14.1. The van der Waals surface area contributed by atoms with Crippen LogP contribution in [0.25, 0.3) is 0 Å². The Morgan fingerprint density at radius 3 is 2.00 bits per heavy atom. The number of oxime groups is 1. The monoisotopic (exact) mass is 447 g/mol. The van der Waals surface area contributed by atoms with Crippen molar-refractivity contribution >= 4 is 28.3 Å². The van der Waals surface area contributed by atoms with Gasteiger partial charge in [-0.25, -0.2) is 0 Å². The number of aryl methyl sites for hydroxylation is 1. The molecule has 0 spiro atoms. The molecule has 3 heteroatoms. The van der Waals surface area contributed by atoms with E-state index in [1.807, 2.05) is 24.3 Å². The molecular weight excluding hydrogens is 421 g/mol. The van der Waals surface area contributed by atoms with E-state index in [4.69, 9.17) is 0 Å². The number of benzene rings is 2. The molecule has 0 aromatic heterocycles. The minimum atomic E-state index is 0.139. The molecule has 0 bridgehead atoms. The molecule has 2 aromatic carbocycles. The normalized spacial score (nSPS) is 18.7. The molecule has 0 aliphatic heterocycles. The topological polar surface area (TPSA) is 32.6 Å². The predicted molar refractivity (Wildman–Crippen MR) is 113 cm³/mol.